The topological polar surface area (TPSA) is 56.3 Å². The number of fused-ring (bicyclic) bond motifs is 1. The molecule has 0 radical (unpaired) electrons. The van der Waals surface area contributed by atoms with Gasteiger partial charge in [-0.2, -0.15) is 0 Å². The van der Waals surface area contributed by atoms with Gasteiger partial charge in [0.15, 0.2) is 11.5 Å². The summed E-state index contributed by atoms with van der Waals surface area (Å²) in [6.45, 7) is 3.13. The summed E-state index contributed by atoms with van der Waals surface area (Å²) in [6.07, 6.45) is 0. The van der Waals surface area contributed by atoms with Crippen LogP contribution in [-0.4, -0.2) is 30.2 Å². The zero-order chi connectivity index (χ0) is 13.2. The van der Waals surface area contributed by atoms with E-state index in [1.165, 1.54) is 0 Å². The summed E-state index contributed by atoms with van der Waals surface area (Å²) in [5.74, 6) is 2.17. The number of nitrogens with zero attached hydrogens (tertiary/aromatic N) is 2. The lowest BCUT2D eigenvalue weighted by molar-refractivity contribution is 0.171. The van der Waals surface area contributed by atoms with E-state index in [-0.39, 0.29) is 0 Å². The third-order valence-electron chi connectivity index (χ3n) is 2.92. The molecule has 2 aromatic rings. The second-order valence-corrected chi connectivity index (χ2v) is 4.33. The third kappa shape index (κ3) is 2.31. The third-order valence-corrected chi connectivity index (χ3v) is 2.92. The first-order valence-electron chi connectivity index (χ1n) is 6.20. The zero-order valence-electron chi connectivity index (χ0n) is 10.9. The van der Waals surface area contributed by atoms with Gasteiger partial charge in [-0.1, -0.05) is 0 Å². The molecule has 1 N–H and O–H groups in total. The molecule has 0 amide bonds. The van der Waals surface area contributed by atoms with Crippen LogP contribution in [0.3, 0.4) is 0 Å². The second kappa shape index (κ2) is 4.76. The highest BCUT2D eigenvalue weighted by atomic mass is 16.6. The molecular formula is C14H15N3O2. The fourth-order valence-corrected chi connectivity index (χ4v) is 2.03. The van der Waals surface area contributed by atoms with Gasteiger partial charge in [0.25, 0.3) is 0 Å². The zero-order valence-corrected chi connectivity index (χ0v) is 10.9. The summed E-state index contributed by atoms with van der Waals surface area (Å²) in [4.78, 5) is 8.74. The highest BCUT2D eigenvalue weighted by molar-refractivity contribution is 5.65. The Kier molecular flexibility index (Phi) is 2.95. The van der Waals surface area contributed by atoms with Gasteiger partial charge in [0.05, 0.1) is 5.69 Å². The van der Waals surface area contributed by atoms with Crippen molar-refractivity contribution in [1.29, 1.82) is 0 Å². The van der Waals surface area contributed by atoms with E-state index in [1.807, 2.05) is 38.2 Å². The van der Waals surface area contributed by atoms with E-state index in [0.29, 0.717) is 19.2 Å². The lowest BCUT2D eigenvalue weighted by atomic mass is 10.1. The van der Waals surface area contributed by atoms with Crippen LogP contribution in [0.15, 0.2) is 24.3 Å². The Morgan fingerprint density at radius 1 is 1.05 bits per heavy atom. The molecule has 1 aliphatic heterocycles. The Morgan fingerprint density at radius 3 is 2.63 bits per heavy atom. The number of aromatic nitrogens is 2. The minimum atomic E-state index is 0.584. The molecule has 0 unspecified atom stereocenters. The van der Waals surface area contributed by atoms with Gasteiger partial charge < -0.3 is 14.8 Å². The van der Waals surface area contributed by atoms with Crippen LogP contribution in [0, 0.1) is 6.92 Å². The Hall–Kier alpha value is -2.30. The van der Waals surface area contributed by atoms with Gasteiger partial charge in [0.2, 0.25) is 5.95 Å². The van der Waals surface area contributed by atoms with Crippen LogP contribution in [0.1, 0.15) is 5.69 Å². The molecule has 98 valence electrons. The van der Waals surface area contributed by atoms with E-state index < -0.39 is 0 Å². The molecular weight excluding hydrogens is 242 g/mol. The van der Waals surface area contributed by atoms with E-state index in [0.717, 1.165) is 28.5 Å². The van der Waals surface area contributed by atoms with Crippen molar-refractivity contribution in [2.24, 2.45) is 0 Å². The molecule has 5 heteroatoms. The van der Waals surface area contributed by atoms with Crippen molar-refractivity contribution in [2.75, 3.05) is 25.6 Å². The van der Waals surface area contributed by atoms with Crippen molar-refractivity contribution in [3.8, 4) is 22.8 Å². The van der Waals surface area contributed by atoms with Crippen LogP contribution in [0.25, 0.3) is 11.3 Å². The van der Waals surface area contributed by atoms with Crippen LogP contribution in [0.4, 0.5) is 5.95 Å². The lowest BCUT2D eigenvalue weighted by Crippen LogP contribution is -2.15. The molecule has 0 bridgehead atoms. The molecule has 0 aliphatic carbocycles. The van der Waals surface area contributed by atoms with Crippen LogP contribution >= 0.6 is 0 Å². The number of aryl methyl sites for hydroxylation is 1. The molecule has 0 saturated heterocycles. The molecule has 1 aliphatic rings. The van der Waals surface area contributed by atoms with Crippen molar-refractivity contribution in [3.63, 3.8) is 0 Å². The molecule has 0 atom stereocenters. The maximum absolute atomic E-state index is 5.59. The fraction of sp³-hybridized carbons (Fsp3) is 0.286. The van der Waals surface area contributed by atoms with Crippen molar-refractivity contribution < 1.29 is 9.47 Å². The number of hydrogen-bond acceptors (Lipinski definition) is 5. The number of nitrogens with one attached hydrogen (secondary N) is 1. The van der Waals surface area contributed by atoms with Gasteiger partial charge in [-0.3, -0.25) is 0 Å². The standard InChI is InChI=1S/C14H15N3O2/c1-9-7-11(17-14(15-2)16-9)10-3-4-12-13(8-10)19-6-5-18-12/h3-4,7-8H,5-6H2,1-2H3,(H,15,16,17). The Bertz CT molecular complexity index is 614. The van der Waals surface area contributed by atoms with E-state index in [2.05, 4.69) is 15.3 Å². The van der Waals surface area contributed by atoms with Gasteiger partial charge in [0, 0.05) is 18.3 Å². The van der Waals surface area contributed by atoms with Crippen LogP contribution in [-0.2, 0) is 0 Å². The number of benzene rings is 1. The SMILES string of the molecule is CNc1nc(C)cc(-c2ccc3c(c2)OCCO3)n1. The molecule has 0 saturated carbocycles. The predicted molar refractivity (Wildman–Crippen MR) is 72.7 cm³/mol. The summed E-state index contributed by atoms with van der Waals surface area (Å²) < 4.78 is 11.1. The van der Waals surface area contributed by atoms with Crippen molar-refractivity contribution in [2.45, 2.75) is 6.92 Å². The molecule has 19 heavy (non-hydrogen) atoms. The van der Waals surface area contributed by atoms with Crippen LogP contribution < -0.4 is 14.8 Å². The molecule has 5 nitrogen and oxygen atoms in total. The molecule has 1 aromatic heterocycles. The first-order chi connectivity index (χ1) is 9.26. The summed E-state index contributed by atoms with van der Waals surface area (Å²) in [7, 11) is 1.81. The Labute approximate surface area is 111 Å². The van der Waals surface area contributed by atoms with E-state index >= 15 is 0 Å². The highest BCUT2D eigenvalue weighted by Gasteiger charge is 2.13. The highest BCUT2D eigenvalue weighted by Crippen LogP contribution is 2.34. The van der Waals surface area contributed by atoms with E-state index in [9.17, 15) is 0 Å². The Morgan fingerprint density at radius 2 is 1.84 bits per heavy atom. The maximum Gasteiger partial charge on any atom is 0.223 e. The molecule has 0 spiro atoms. The van der Waals surface area contributed by atoms with Crippen molar-refractivity contribution >= 4 is 5.95 Å². The monoisotopic (exact) mass is 257 g/mol. The minimum Gasteiger partial charge on any atom is -0.486 e. The molecule has 3 rings (SSSR count). The van der Waals surface area contributed by atoms with Gasteiger partial charge in [-0.15, -0.1) is 0 Å². The quantitative estimate of drug-likeness (QED) is 0.894. The average molecular weight is 257 g/mol. The number of hydrogen-bond donors (Lipinski definition) is 1. The summed E-state index contributed by atoms with van der Waals surface area (Å²) in [6, 6.07) is 7.80. The van der Waals surface area contributed by atoms with Gasteiger partial charge in [-0.25, -0.2) is 9.97 Å². The molecule has 0 fully saturated rings. The average Bonchev–Trinajstić information content (AvgIpc) is 2.46. The number of anilines is 1. The van der Waals surface area contributed by atoms with Gasteiger partial charge >= 0.3 is 0 Å². The van der Waals surface area contributed by atoms with Crippen molar-refractivity contribution in [3.05, 3.63) is 30.0 Å². The summed E-state index contributed by atoms with van der Waals surface area (Å²) in [5, 5.41) is 2.96. The maximum atomic E-state index is 5.59. The van der Waals surface area contributed by atoms with Crippen LogP contribution in [0.2, 0.25) is 0 Å². The number of rotatable bonds is 2. The molecule has 1 aromatic carbocycles. The Balaban J connectivity index is 2.04. The van der Waals surface area contributed by atoms with Gasteiger partial charge in [-0.05, 0) is 31.2 Å². The predicted octanol–water partition coefficient (Wildman–Crippen LogP) is 2.26. The first kappa shape index (κ1) is 11.8. The molecule has 2 heterocycles. The van der Waals surface area contributed by atoms with Crippen LogP contribution in [0.5, 0.6) is 11.5 Å². The normalized spacial score (nSPS) is 13.2. The van der Waals surface area contributed by atoms with E-state index in [1.54, 1.807) is 0 Å². The summed E-state index contributed by atoms with van der Waals surface area (Å²) in [5.41, 5.74) is 2.78. The first-order valence-corrected chi connectivity index (χ1v) is 6.20. The largest absolute Gasteiger partial charge is 0.486 e. The van der Waals surface area contributed by atoms with Crippen molar-refractivity contribution in [1.82, 2.24) is 9.97 Å². The second-order valence-electron chi connectivity index (χ2n) is 4.33. The number of ether oxygens (including phenoxy) is 2. The van der Waals surface area contributed by atoms with E-state index in [4.69, 9.17) is 9.47 Å². The minimum absolute atomic E-state index is 0.584. The lowest BCUT2D eigenvalue weighted by Gasteiger charge is -2.18. The van der Waals surface area contributed by atoms with Gasteiger partial charge in [0.1, 0.15) is 13.2 Å². The fourth-order valence-electron chi connectivity index (χ4n) is 2.03. The summed E-state index contributed by atoms with van der Waals surface area (Å²) >= 11 is 0. The smallest absolute Gasteiger partial charge is 0.223 e.